The van der Waals surface area contributed by atoms with Gasteiger partial charge in [-0.2, -0.15) is 0 Å². The number of para-hydroxylation sites is 1. The third kappa shape index (κ3) is 5.38. The van der Waals surface area contributed by atoms with Crippen LogP contribution in [0.1, 0.15) is 39.0 Å². The summed E-state index contributed by atoms with van der Waals surface area (Å²) >= 11 is 0. The summed E-state index contributed by atoms with van der Waals surface area (Å²) in [6, 6.07) is 2.98. The maximum absolute atomic E-state index is 13.8. The predicted molar refractivity (Wildman–Crippen MR) is 109 cm³/mol. The van der Waals surface area contributed by atoms with Crippen LogP contribution >= 0.6 is 0 Å². The Bertz CT molecular complexity index is 715. The van der Waals surface area contributed by atoms with Crippen LogP contribution in [0.2, 0.25) is 0 Å². The largest absolute Gasteiger partial charge is 0.381 e. The lowest BCUT2D eigenvalue weighted by molar-refractivity contribution is 0.0239. The van der Waals surface area contributed by atoms with Crippen molar-refractivity contribution in [3.8, 4) is 0 Å². The van der Waals surface area contributed by atoms with E-state index in [1.54, 1.807) is 0 Å². The van der Waals surface area contributed by atoms with Gasteiger partial charge in [0.2, 0.25) is 0 Å². The average Bonchev–Trinajstić information content (AvgIpc) is 2.76. The molecule has 30 heavy (non-hydrogen) atoms. The number of carbonyl (C=O) groups is 2. The van der Waals surface area contributed by atoms with Crippen LogP contribution in [0.4, 0.5) is 24.1 Å². The van der Waals surface area contributed by atoms with Gasteiger partial charge in [0.05, 0.1) is 0 Å². The van der Waals surface area contributed by atoms with Crippen molar-refractivity contribution in [2.75, 3.05) is 38.2 Å². The lowest BCUT2D eigenvalue weighted by Crippen LogP contribution is -2.56. The van der Waals surface area contributed by atoms with Crippen LogP contribution < -0.4 is 10.6 Å². The molecule has 9 heteroatoms. The molecule has 2 aliphatic rings. The lowest BCUT2D eigenvalue weighted by Gasteiger charge is -2.43. The van der Waals surface area contributed by atoms with Gasteiger partial charge in [0, 0.05) is 44.9 Å². The molecule has 2 fully saturated rings. The highest BCUT2D eigenvalue weighted by molar-refractivity contribution is 5.89. The Morgan fingerprint density at radius 1 is 1.10 bits per heavy atom. The molecule has 0 spiro atoms. The molecule has 0 aromatic heterocycles. The molecular weight excluding hydrogens is 394 g/mol. The molecule has 2 N–H and O–H groups in total. The predicted octanol–water partition coefficient (Wildman–Crippen LogP) is 3.56. The highest BCUT2D eigenvalue weighted by atomic mass is 19.1. The van der Waals surface area contributed by atoms with Gasteiger partial charge in [-0.15, -0.1) is 0 Å². The summed E-state index contributed by atoms with van der Waals surface area (Å²) in [6.45, 7) is 4.72. The number of halogens is 2. The molecule has 0 saturated carbocycles. The first-order valence-electron chi connectivity index (χ1n) is 10.6. The quantitative estimate of drug-likeness (QED) is 0.759. The summed E-state index contributed by atoms with van der Waals surface area (Å²) in [7, 11) is 0. The molecule has 2 saturated heterocycles. The molecule has 0 aliphatic carbocycles. The zero-order valence-corrected chi connectivity index (χ0v) is 17.3. The second-order valence-corrected chi connectivity index (χ2v) is 7.73. The van der Waals surface area contributed by atoms with Crippen LogP contribution in [0.5, 0.6) is 0 Å². The SMILES string of the molecule is CCCNC(=O)N(C1CCOCC1)C1CCN(C(=O)Nc2c(F)cccc2F)CC1. The van der Waals surface area contributed by atoms with Gasteiger partial charge in [0.15, 0.2) is 0 Å². The molecule has 0 unspecified atom stereocenters. The molecule has 166 valence electrons. The van der Waals surface area contributed by atoms with Crippen LogP contribution in [-0.2, 0) is 4.74 Å². The molecule has 0 bridgehead atoms. The van der Waals surface area contributed by atoms with Crippen molar-refractivity contribution in [3.63, 3.8) is 0 Å². The highest BCUT2D eigenvalue weighted by Gasteiger charge is 2.35. The zero-order chi connectivity index (χ0) is 21.5. The number of hydrogen-bond acceptors (Lipinski definition) is 3. The highest BCUT2D eigenvalue weighted by Crippen LogP contribution is 2.25. The Morgan fingerprint density at radius 2 is 1.70 bits per heavy atom. The first-order valence-corrected chi connectivity index (χ1v) is 10.6. The molecule has 0 radical (unpaired) electrons. The molecule has 1 aromatic rings. The molecular formula is C21H30F2N4O3. The second kappa shape index (κ2) is 10.6. The number of piperidine rings is 1. The fraction of sp³-hybridized carbons (Fsp3) is 0.619. The summed E-state index contributed by atoms with van der Waals surface area (Å²) in [4.78, 5) is 28.8. The van der Waals surface area contributed by atoms with Gasteiger partial charge < -0.3 is 25.2 Å². The van der Waals surface area contributed by atoms with E-state index in [0.29, 0.717) is 45.7 Å². The molecule has 0 atom stereocenters. The maximum atomic E-state index is 13.8. The third-order valence-corrected chi connectivity index (χ3v) is 5.68. The van der Waals surface area contributed by atoms with E-state index < -0.39 is 23.4 Å². The van der Waals surface area contributed by atoms with Gasteiger partial charge in [-0.1, -0.05) is 13.0 Å². The van der Waals surface area contributed by atoms with E-state index in [4.69, 9.17) is 4.74 Å². The number of hydrogen-bond donors (Lipinski definition) is 2. The minimum absolute atomic E-state index is 0.0132. The standard InChI is InChI=1S/C21H30F2N4O3/c1-2-10-24-20(28)27(16-8-13-30-14-9-16)15-6-11-26(12-7-15)21(29)25-19-17(22)4-3-5-18(19)23/h3-5,15-16H,2,6-14H2,1H3,(H,24,28)(H,25,29). The minimum Gasteiger partial charge on any atom is -0.381 e. The molecule has 1 aromatic carbocycles. The minimum atomic E-state index is -0.809. The third-order valence-electron chi connectivity index (χ3n) is 5.68. The topological polar surface area (TPSA) is 73.9 Å². The number of likely N-dealkylation sites (tertiary alicyclic amines) is 1. The van der Waals surface area contributed by atoms with Crippen molar-refractivity contribution < 1.29 is 23.1 Å². The average molecular weight is 424 g/mol. The summed E-state index contributed by atoms with van der Waals surface area (Å²) < 4.78 is 33.1. The number of rotatable bonds is 5. The van der Waals surface area contributed by atoms with E-state index in [9.17, 15) is 18.4 Å². The van der Waals surface area contributed by atoms with Crippen LogP contribution in [0.25, 0.3) is 0 Å². The van der Waals surface area contributed by atoms with Crippen LogP contribution in [0.15, 0.2) is 18.2 Å². The van der Waals surface area contributed by atoms with E-state index in [2.05, 4.69) is 10.6 Å². The lowest BCUT2D eigenvalue weighted by atomic mass is 9.98. The number of nitrogens with zero attached hydrogens (tertiary/aromatic N) is 2. The molecule has 2 heterocycles. The van der Waals surface area contributed by atoms with Crippen molar-refractivity contribution in [2.24, 2.45) is 0 Å². The molecule has 2 aliphatic heterocycles. The summed E-state index contributed by atoms with van der Waals surface area (Å²) in [5.41, 5.74) is -0.438. The number of nitrogens with one attached hydrogen (secondary N) is 2. The Balaban J connectivity index is 1.61. The van der Waals surface area contributed by atoms with Gasteiger partial charge in [0.1, 0.15) is 17.3 Å². The van der Waals surface area contributed by atoms with Gasteiger partial charge in [-0.3, -0.25) is 0 Å². The monoisotopic (exact) mass is 424 g/mol. The van der Waals surface area contributed by atoms with Crippen LogP contribution in [0.3, 0.4) is 0 Å². The second-order valence-electron chi connectivity index (χ2n) is 7.73. The number of amides is 4. The molecule has 4 amide bonds. The van der Waals surface area contributed by atoms with E-state index in [1.165, 1.54) is 11.0 Å². The van der Waals surface area contributed by atoms with Crippen molar-refractivity contribution in [1.82, 2.24) is 15.1 Å². The Morgan fingerprint density at radius 3 is 2.30 bits per heavy atom. The summed E-state index contributed by atoms with van der Waals surface area (Å²) in [5, 5.41) is 5.31. The summed E-state index contributed by atoms with van der Waals surface area (Å²) in [6.07, 6.45) is 3.69. The van der Waals surface area contributed by atoms with Gasteiger partial charge >= 0.3 is 12.1 Å². The molecule has 3 rings (SSSR count). The first-order chi connectivity index (χ1) is 14.5. The van der Waals surface area contributed by atoms with Crippen molar-refractivity contribution in [3.05, 3.63) is 29.8 Å². The van der Waals surface area contributed by atoms with Crippen LogP contribution in [0, 0.1) is 11.6 Å². The number of anilines is 1. The number of benzene rings is 1. The number of urea groups is 2. The first kappa shape index (κ1) is 22.3. The Kier molecular flexibility index (Phi) is 7.84. The van der Waals surface area contributed by atoms with Crippen LogP contribution in [-0.4, -0.2) is 66.8 Å². The van der Waals surface area contributed by atoms with Crippen molar-refractivity contribution >= 4 is 17.7 Å². The maximum Gasteiger partial charge on any atom is 0.322 e. The van der Waals surface area contributed by atoms with Gasteiger partial charge in [0.25, 0.3) is 0 Å². The van der Waals surface area contributed by atoms with E-state index in [-0.39, 0.29) is 18.1 Å². The van der Waals surface area contributed by atoms with E-state index in [1.807, 2.05) is 11.8 Å². The smallest absolute Gasteiger partial charge is 0.322 e. The fourth-order valence-corrected chi connectivity index (χ4v) is 4.07. The molecule has 7 nitrogen and oxygen atoms in total. The van der Waals surface area contributed by atoms with Crippen molar-refractivity contribution in [1.29, 1.82) is 0 Å². The zero-order valence-electron chi connectivity index (χ0n) is 17.3. The fourth-order valence-electron chi connectivity index (χ4n) is 4.07. The number of carbonyl (C=O) groups excluding carboxylic acids is 2. The van der Waals surface area contributed by atoms with Crippen molar-refractivity contribution in [2.45, 2.75) is 51.1 Å². The van der Waals surface area contributed by atoms with E-state index >= 15 is 0 Å². The Hall–Kier alpha value is -2.42. The summed E-state index contributed by atoms with van der Waals surface area (Å²) in [5.74, 6) is -1.62. The number of ether oxygens (including phenoxy) is 1. The Labute approximate surface area is 175 Å². The van der Waals surface area contributed by atoms with E-state index in [0.717, 1.165) is 31.4 Å². The van der Waals surface area contributed by atoms with Gasteiger partial charge in [-0.05, 0) is 44.2 Å². The normalized spacial score (nSPS) is 18.2. The van der Waals surface area contributed by atoms with Gasteiger partial charge in [-0.25, -0.2) is 18.4 Å².